The lowest BCUT2D eigenvalue weighted by Gasteiger charge is -2.22. The summed E-state index contributed by atoms with van der Waals surface area (Å²) < 4.78 is 8.53. The molecule has 0 bridgehead atoms. The molecule has 3 aromatic rings. The number of ketones is 1. The van der Waals surface area contributed by atoms with Gasteiger partial charge in [-0.15, -0.1) is 22.7 Å². The molecule has 1 fully saturated rings. The van der Waals surface area contributed by atoms with Gasteiger partial charge in [0, 0.05) is 24.3 Å². The summed E-state index contributed by atoms with van der Waals surface area (Å²) in [7, 11) is 0. The van der Waals surface area contributed by atoms with Crippen LogP contribution in [-0.2, 0) is 4.79 Å². The molecule has 1 saturated carbocycles. The van der Waals surface area contributed by atoms with Crippen LogP contribution in [0.15, 0.2) is 17.5 Å². The van der Waals surface area contributed by atoms with Gasteiger partial charge in [0.15, 0.2) is 0 Å². The highest BCUT2D eigenvalue weighted by Gasteiger charge is 2.22. The van der Waals surface area contributed by atoms with E-state index in [4.69, 9.17) is 4.74 Å². The molecule has 2 heterocycles. The number of fused-ring (bicyclic) bond motifs is 3. The number of carbonyl (C=O) groups excluding carboxylic acids is 1. The third-order valence-electron chi connectivity index (χ3n) is 3.90. The lowest BCUT2D eigenvalue weighted by molar-refractivity contribution is -0.122. The van der Waals surface area contributed by atoms with Crippen molar-refractivity contribution in [2.45, 2.75) is 38.7 Å². The van der Waals surface area contributed by atoms with Crippen LogP contribution in [0.25, 0.3) is 20.3 Å². The molecule has 0 N–H and O–H groups in total. The highest BCUT2D eigenvalue weighted by Crippen LogP contribution is 2.39. The Hall–Kier alpha value is -1.46. The Bertz CT molecular complexity index is 833. The molecule has 3 nitrogen and oxygen atoms in total. The number of benzene rings is 1. The van der Waals surface area contributed by atoms with Gasteiger partial charge in [-0.3, -0.25) is 4.79 Å². The number of hydrogen-bond donors (Lipinski definition) is 0. The molecule has 0 radical (unpaired) electrons. The Kier molecular flexibility index (Phi) is 3.19. The van der Waals surface area contributed by atoms with Crippen molar-refractivity contribution in [3.05, 3.63) is 22.5 Å². The topological polar surface area (TPSA) is 39.2 Å². The minimum atomic E-state index is 0.0285. The van der Waals surface area contributed by atoms with Gasteiger partial charge in [-0.2, -0.15) is 0 Å². The van der Waals surface area contributed by atoms with Crippen molar-refractivity contribution in [2.24, 2.45) is 0 Å². The summed E-state index contributed by atoms with van der Waals surface area (Å²) in [5.41, 5.74) is 1.08. The van der Waals surface area contributed by atoms with E-state index in [0.717, 1.165) is 34.5 Å². The first-order valence-electron chi connectivity index (χ1n) is 7.16. The minimum Gasteiger partial charge on any atom is -0.489 e. The number of aryl methyl sites for hydroxylation is 1. The molecule has 1 unspecified atom stereocenters. The van der Waals surface area contributed by atoms with Crippen molar-refractivity contribution in [1.29, 1.82) is 0 Å². The second-order valence-electron chi connectivity index (χ2n) is 5.49. The Balaban J connectivity index is 1.79. The first kappa shape index (κ1) is 13.2. The average Bonchev–Trinajstić information content (AvgIpc) is 3.04. The molecule has 0 saturated heterocycles. The smallest absolute Gasteiger partial charge is 0.136 e. The lowest BCUT2D eigenvalue weighted by Crippen LogP contribution is -2.25. The van der Waals surface area contributed by atoms with Crippen molar-refractivity contribution in [1.82, 2.24) is 4.98 Å². The molecule has 0 aliphatic heterocycles. The van der Waals surface area contributed by atoms with E-state index in [0.29, 0.717) is 18.6 Å². The molecular weight excluding hydrogens is 302 g/mol. The molecular formula is C16H15NO2S2. The summed E-state index contributed by atoms with van der Waals surface area (Å²) in [5.74, 6) is 1.23. The van der Waals surface area contributed by atoms with Gasteiger partial charge in [-0.05, 0) is 31.2 Å². The SMILES string of the molecule is Cc1nc2c(cc(OC3CCCC(=O)C3)c3ccsc32)s1. The monoisotopic (exact) mass is 317 g/mol. The van der Waals surface area contributed by atoms with E-state index in [2.05, 4.69) is 22.5 Å². The van der Waals surface area contributed by atoms with Crippen LogP contribution in [0.4, 0.5) is 0 Å². The van der Waals surface area contributed by atoms with Gasteiger partial charge in [-0.1, -0.05) is 0 Å². The van der Waals surface area contributed by atoms with Gasteiger partial charge in [0.25, 0.3) is 0 Å². The first-order valence-corrected chi connectivity index (χ1v) is 8.86. The standard InChI is InChI=1S/C16H15NO2S2/c1-9-17-15-14(21-9)8-13(12-5-6-20-16(12)15)19-11-4-2-3-10(18)7-11/h5-6,8,11H,2-4,7H2,1H3. The number of aromatic nitrogens is 1. The zero-order valence-corrected chi connectivity index (χ0v) is 13.4. The number of nitrogens with zero attached hydrogens (tertiary/aromatic N) is 1. The van der Waals surface area contributed by atoms with E-state index < -0.39 is 0 Å². The zero-order chi connectivity index (χ0) is 14.4. The number of thiazole rings is 1. The number of Topliss-reactive ketones (excluding diaryl/α,β-unsaturated/α-hetero) is 1. The fourth-order valence-corrected chi connectivity index (χ4v) is 4.78. The van der Waals surface area contributed by atoms with E-state index in [1.165, 1.54) is 9.40 Å². The number of ether oxygens (including phenoxy) is 1. The van der Waals surface area contributed by atoms with Crippen molar-refractivity contribution in [2.75, 3.05) is 0 Å². The average molecular weight is 317 g/mol. The van der Waals surface area contributed by atoms with Crippen LogP contribution in [-0.4, -0.2) is 16.9 Å². The highest BCUT2D eigenvalue weighted by atomic mass is 32.1. The fourth-order valence-electron chi connectivity index (χ4n) is 2.95. The first-order chi connectivity index (χ1) is 10.2. The van der Waals surface area contributed by atoms with Crippen LogP contribution in [0, 0.1) is 6.92 Å². The summed E-state index contributed by atoms with van der Waals surface area (Å²) in [6, 6.07) is 4.18. The third-order valence-corrected chi connectivity index (χ3v) is 5.74. The molecule has 5 heteroatoms. The largest absolute Gasteiger partial charge is 0.489 e. The van der Waals surface area contributed by atoms with Crippen LogP contribution in [0.3, 0.4) is 0 Å². The summed E-state index contributed by atoms with van der Waals surface area (Å²) in [6.45, 7) is 2.03. The van der Waals surface area contributed by atoms with Crippen LogP contribution in [0.5, 0.6) is 5.75 Å². The van der Waals surface area contributed by atoms with Crippen molar-refractivity contribution >= 4 is 48.8 Å². The van der Waals surface area contributed by atoms with Crippen LogP contribution in [0.2, 0.25) is 0 Å². The number of hydrogen-bond acceptors (Lipinski definition) is 5. The van der Waals surface area contributed by atoms with E-state index in [9.17, 15) is 4.79 Å². The Morgan fingerprint density at radius 2 is 2.33 bits per heavy atom. The highest BCUT2D eigenvalue weighted by molar-refractivity contribution is 7.21. The van der Waals surface area contributed by atoms with Crippen molar-refractivity contribution in [3.8, 4) is 5.75 Å². The molecule has 1 aromatic carbocycles. The molecule has 0 amide bonds. The van der Waals surface area contributed by atoms with Gasteiger partial charge >= 0.3 is 0 Å². The van der Waals surface area contributed by atoms with Crippen LogP contribution >= 0.6 is 22.7 Å². The molecule has 1 aliphatic rings. The maximum Gasteiger partial charge on any atom is 0.136 e. The quantitative estimate of drug-likeness (QED) is 0.687. The number of thiophene rings is 1. The second kappa shape index (κ2) is 5.07. The second-order valence-corrected chi connectivity index (χ2v) is 7.64. The minimum absolute atomic E-state index is 0.0285. The van der Waals surface area contributed by atoms with E-state index in [1.807, 2.05) is 6.92 Å². The summed E-state index contributed by atoms with van der Waals surface area (Å²) in [5, 5.41) is 4.28. The molecule has 1 atom stereocenters. The van der Waals surface area contributed by atoms with Gasteiger partial charge in [0.2, 0.25) is 0 Å². The van der Waals surface area contributed by atoms with Crippen LogP contribution < -0.4 is 4.74 Å². The summed E-state index contributed by atoms with van der Waals surface area (Å²) >= 11 is 3.40. The zero-order valence-electron chi connectivity index (χ0n) is 11.7. The molecule has 2 aromatic heterocycles. The number of carbonyl (C=O) groups is 1. The van der Waals surface area contributed by atoms with Crippen LogP contribution in [0.1, 0.15) is 30.7 Å². The molecule has 0 spiro atoms. The van der Waals surface area contributed by atoms with Crippen molar-refractivity contribution < 1.29 is 9.53 Å². The molecule has 21 heavy (non-hydrogen) atoms. The van der Waals surface area contributed by atoms with Crippen molar-refractivity contribution in [3.63, 3.8) is 0 Å². The predicted octanol–water partition coefficient (Wildman–Crippen LogP) is 4.71. The Labute approximate surface area is 130 Å². The Morgan fingerprint density at radius 3 is 3.19 bits per heavy atom. The lowest BCUT2D eigenvalue weighted by atomic mass is 9.96. The molecule has 4 rings (SSSR count). The van der Waals surface area contributed by atoms with Gasteiger partial charge in [0.1, 0.15) is 17.6 Å². The van der Waals surface area contributed by atoms with E-state index in [1.54, 1.807) is 22.7 Å². The maximum atomic E-state index is 11.6. The van der Waals surface area contributed by atoms with Gasteiger partial charge in [-0.25, -0.2) is 4.98 Å². The normalized spacial score (nSPS) is 19.5. The third kappa shape index (κ3) is 2.34. The number of rotatable bonds is 2. The Morgan fingerprint density at radius 1 is 1.43 bits per heavy atom. The van der Waals surface area contributed by atoms with E-state index in [-0.39, 0.29) is 6.10 Å². The van der Waals surface area contributed by atoms with Gasteiger partial charge < -0.3 is 4.74 Å². The maximum absolute atomic E-state index is 11.6. The van der Waals surface area contributed by atoms with Gasteiger partial charge in [0.05, 0.1) is 19.9 Å². The summed E-state index contributed by atoms with van der Waals surface area (Å²) in [6.07, 6.45) is 3.20. The molecule has 1 aliphatic carbocycles. The summed E-state index contributed by atoms with van der Waals surface area (Å²) in [4.78, 5) is 16.2. The predicted molar refractivity (Wildman–Crippen MR) is 87.6 cm³/mol. The van der Waals surface area contributed by atoms with E-state index >= 15 is 0 Å². The fraction of sp³-hybridized carbons (Fsp3) is 0.375. The molecule has 108 valence electrons.